The third-order valence-corrected chi connectivity index (χ3v) is 3.06. The molecule has 0 aromatic heterocycles. The third-order valence-electron chi connectivity index (χ3n) is 3.06. The summed E-state index contributed by atoms with van der Waals surface area (Å²) < 4.78 is 11.6. The first-order valence-electron chi connectivity index (χ1n) is 6.03. The molecule has 1 heterocycles. The Bertz CT molecular complexity index is 178. The molecule has 1 fully saturated rings. The normalized spacial score (nSPS) is 28.0. The maximum Gasteiger partial charge on any atom is 0.145 e. The Morgan fingerprint density at radius 1 is 1.13 bits per heavy atom. The molecule has 0 N–H and O–H groups in total. The van der Waals surface area contributed by atoms with Gasteiger partial charge in [-0.05, 0) is 34.1 Å². The van der Waals surface area contributed by atoms with E-state index in [2.05, 4.69) is 39.5 Å². The lowest BCUT2D eigenvalue weighted by Gasteiger charge is -2.49. The van der Waals surface area contributed by atoms with Gasteiger partial charge in [0.15, 0.2) is 0 Å². The first-order valence-corrected chi connectivity index (χ1v) is 6.03. The van der Waals surface area contributed by atoms with Crippen LogP contribution in [-0.2, 0) is 9.47 Å². The van der Waals surface area contributed by atoms with Crippen molar-refractivity contribution in [3.05, 3.63) is 0 Å². The van der Waals surface area contributed by atoms with Crippen LogP contribution in [0.1, 0.15) is 41.0 Å². The molecule has 0 aliphatic carbocycles. The Labute approximate surface area is 93.7 Å². The molecule has 15 heavy (non-hydrogen) atoms. The van der Waals surface area contributed by atoms with Gasteiger partial charge in [0.1, 0.15) is 5.72 Å². The molecule has 0 radical (unpaired) electrons. The van der Waals surface area contributed by atoms with Crippen LogP contribution in [0.3, 0.4) is 0 Å². The van der Waals surface area contributed by atoms with E-state index < -0.39 is 0 Å². The van der Waals surface area contributed by atoms with Gasteiger partial charge in [-0.2, -0.15) is 0 Å². The van der Waals surface area contributed by atoms with Crippen LogP contribution in [0.2, 0.25) is 0 Å². The van der Waals surface area contributed by atoms with Crippen LogP contribution in [-0.4, -0.2) is 42.5 Å². The minimum atomic E-state index is -0.208. The van der Waals surface area contributed by atoms with Gasteiger partial charge in [0.05, 0.1) is 19.8 Å². The van der Waals surface area contributed by atoms with Gasteiger partial charge < -0.3 is 9.47 Å². The quantitative estimate of drug-likeness (QED) is 0.718. The maximum atomic E-state index is 6.00. The van der Waals surface area contributed by atoms with Gasteiger partial charge >= 0.3 is 0 Å². The summed E-state index contributed by atoms with van der Waals surface area (Å²) >= 11 is 0. The van der Waals surface area contributed by atoms with Crippen molar-refractivity contribution in [3.63, 3.8) is 0 Å². The first-order chi connectivity index (χ1) is 7.03. The van der Waals surface area contributed by atoms with Crippen molar-refractivity contribution in [3.8, 4) is 0 Å². The van der Waals surface area contributed by atoms with Crippen LogP contribution in [0.25, 0.3) is 0 Å². The van der Waals surface area contributed by atoms with Crippen LogP contribution >= 0.6 is 0 Å². The first kappa shape index (κ1) is 12.9. The molecule has 3 heteroatoms. The van der Waals surface area contributed by atoms with Crippen molar-refractivity contribution in [2.45, 2.75) is 58.8 Å². The Balaban J connectivity index is 2.84. The van der Waals surface area contributed by atoms with Gasteiger partial charge in [0, 0.05) is 12.1 Å². The highest BCUT2D eigenvalue weighted by Crippen LogP contribution is 2.29. The molecule has 1 unspecified atom stereocenters. The fourth-order valence-corrected chi connectivity index (χ4v) is 2.64. The van der Waals surface area contributed by atoms with E-state index in [9.17, 15) is 0 Å². The average molecular weight is 215 g/mol. The molecule has 1 aliphatic heterocycles. The molecule has 1 saturated heterocycles. The summed E-state index contributed by atoms with van der Waals surface area (Å²) in [6, 6.07) is 0.957. The monoisotopic (exact) mass is 215 g/mol. The standard InChI is InChI=1S/C12H25NO2/c1-6-12(9-14-7-8-15-12)13(10(2)3)11(4)5/h10-11H,6-9H2,1-5H3. The summed E-state index contributed by atoms with van der Waals surface area (Å²) in [7, 11) is 0. The summed E-state index contributed by atoms with van der Waals surface area (Å²) in [5, 5.41) is 0. The molecule has 1 atom stereocenters. The van der Waals surface area contributed by atoms with Crippen LogP contribution < -0.4 is 0 Å². The molecule has 1 aliphatic rings. The minimum Gasteiger partial charge on any atom is -0.375 e. The highest BCUT2D eigenvalue weighted by molar-refractivity contribution is 4.86. The van der Waals surface area contributed by atoms with E-state index in [4.69, 9.17) is 9.47 Å². The number of hydrogen-bond donors (Lipinski definition) is 0. The summed E-state index contributed by atoms with van der Waals surface area (Å²) in [5.74, 6) is 0. The van der Waals surface area contributed by atoms with Crippen molar-refractivity contribution >= 4 is 0 Å². The van der Waals surface area contributed by atoms with E-state index in [0.717, 1.165) is 13.0 Å². The SMILES string of the molecule is CCC1(N(C(C)C)C(C)C)COCCO1. The van der Waals surface area contributed by atoms with Crippen molar-refractivity contribution in [2.75, 3.05) is 19.8 Å². The molecule has 0 spiro atoms. The smallest absolute Gasteiger partial charge is 0.145 e. The summed E-state index contributed by atoms with van der Waals surface area (Å²) in [5.41, 5.74) is -0.208. The molecule has 0 amide bonds. The lowest BCUT2D eigenvalue weighted by Crippen LogP contribution is -2.61. The second kappa shape index (κ2) is 5.28. The van der Waals surface area contributed by atoms with Gasteiger partial charge in [-0.1, -0.05) is 6.92 Å². The van der Waals surface area contributed by atoms with Gasteiger partial charge in [0.2, 0.25) is 0 Å². The van der Waals surface area contributed by atoms with Gasteiger partial charge in [0.25, 0.3) is 0 Å². The van der Waals surface area contributed by atoms with Crippen LogP contribution in [0, 0.1) is 0 Å². The maximum absolute atomic E-state index is 6.00. The Kier molecular flexibility index (Phi) is 4.56. The zero-order chi connectivity index (χ0) is 11.5. The van der Waals surface area contributed by atoms with Crippen LogP contribution in [0.4, 0.5) is 0 Å². The summed E-state index contributed by atoms with van der Waals surface area (Å²) in [4.78, 5) is 2.42. The number of rotatable bonds is 4. The fraction of sp³-hybridized carbons (Fsp3) is 1.00. The molecule has 0 saturated carbocycles. The van der Waals surface area contributed by atoms with E-state index >= 15 is 0 Å². The van der Waals surface area contributed by atoms with E-state index in [1.54, 1.807) is 0 Å². The predicted molar refractivity (Wildman–Crippen MR) is 61.9 cm³/mol. The minimum absolute atomic E-state index is 0.208. The highest BCUT2D eigenvalue weighted by Gasteiger charge is 2.41. The zero-order valence-corrected chi connectivity index (χ0v) is 10.7. The number of nitrogens with zero attached hydrogens (tertiary/aromatic N) is 1. The van der Waals surface area contributed by atoms with Gasteiger partial charge in [-0.25, -0.2) is 0 Å². The van der Waals surface area contributed by atoms with Crippen molar-refractivity contribution in [1.82, 2.24) is 4.90 Å². The largest absolute Gasteiger partial charge is 0.375 e. The summed E-state index contributed by atoms with van der Waals surface area (Å²) in [6.07, 6.45) is 0.976. The van der Waals surface area contributed by atoms with Gasteiger partial charge in [-0.3, -0.25) is 4.90 Å². The Hall–Kier alpha value is -0.120. The van der Waals surface area contributed by atoms with Crippen molar-refractivity contribution < 1.29 is 9.47 Å². The van der Waals surface area contributed by atoms with E-state index in [1.165, 1.54) is 0 Å². The molecule has 0 aromatic rings. The predicted octanol–water partition coefficient (Wildman–Crippen LogP) is 2.26. The van der Waals surface area contributed by atoms with Crippen molar-refractivity contribution in [2.24, 2.45) is 0 Å². The fourth-order valence-electron chi connectivity index (χ4n) is 2.64. The lowest BCUT2D eigenvalue weighted by atomic mass is 10.0. The van der Waals surface area contributed by atoms with Crippen LogP contribution in [0.15, 0.2) is 0 Å². The van der Waals surface area contributed by atoms with E-state index in [-0.39, 0.29) is 5.72 Å². The van der Waals surface area contributed by atoms with Gasteiger partial charge in [-0.15, -0.1) is 0 Å². The lowest BCUT2D eigenvalue weighted by molar-refractivity contribution is -0.247. The molecule has 0 aromatic carbocycles. The molecule has 90 valence electrons. The third kappa shape index (κ3) is 2.71. The van der Waals surface area contributed by atoms with E-state index in [1.807, 2.05) is 0 Å². The average Bonchev–Trinajstić information content (AvgIpc) is 2.18. The van der Waals surface area contributed by atoms with Crippen LogP contribution in [0.5, 0.6) is 0 Å². The second-order valence-corrected chi connectivity index (χ2v) is 4.80. The number of ether oxygens (including phenoxy) is 2. The van der Waals surface area contributed by atoms with E-state index in [0.29, 0.717) is 25.3 Å². The molecule has 3 nitrogen and oxygen atoms in total. The summed E-state index contributed by atoms with van der Waals surface area (Å²) in [6.45, 7) is 13.2. The van der Waals surface area contributed by atoms with Crippen molar-refractivity contribution in [1.29, 1.82) is 0 Å². The molecule has 0 bridgehead atoms. The topological polar surface area (TPSA) is 21.7 Å². The second-order valence-electron chi connectivity index (χ2n) is 4.80. The molecular formula is C12H25NO2. The Morgan fingerprint density at radius 3 is 2.07 bits per heavy atom. The Morgan fingerprint density at radius 2 is 1.73 bits per heavy atom. The molecular weight excluding hydrogens is 190 g/mol. The number of hydrogen-bond acceptors (Lipinski definition) is 3. The molecule has 1 rings (SSSR count). The highest BCUT2D eigenvalue weighted by atomic mass is 16.6. The zero-order valence-electron chi connectivity index (χ0n) is 10.7.